The van der Waals surface area contributed by atoms with Crippen LogP contribution in [0.4, 0.5) is 0 Å². The molecule has 1 fully saturated rings. The standard InChI is InChI=1S/C19H18O5.C2H4O2.C2H6O/c1-18-6-5-11-13(10(18)3-4-12(18)20)15(21)16-14-9(7-23-16)17(22)24-8-19(11,14)2;1-2(3)4;1-3-2/h7,10H,3-6,8H2,1-2H3;1H3,(H,3,4);1-2H3. The number of Topliss-reactive ketones (excluding diaryl/α,β-unsaturated/α-hetero) is 2. The Kier molecular flexibility index (Phi) is 5.97. The average Bonchev–Trinajstić information content (AvgIpc) is 3.27. The number of carboxylic acids is 1. The molecule has 0 saturated heterocycles. The van der Waals surface area contributed by atoms with Crippen molar-refractivity contribution in [3.05, 3.63) is 34.3 Å². The normalized spacial score (nSPS) is 30.1. The molecule has 1 N–H and O–H groups in total. The Morgan fingerprint density at radius 2 is 1.81 bits per heavy atom. The third-order valence-electron chi connectivity index (χ3n) is 6.81. The number of fused-ring (bicyclic) bond motifs is 3. The first kappa shape index (κ1) is 22.9. The van der Waals surface area contributed by atoms with Gasteiger partial charge >= 0.3 is 5.97 Å². The van der Waals surface area contributed by atoms with E-state index in [1.54, 1.807) is 14.2 Å². The van der Waals surface area contributed by atoms with E-state index in [9.17, 15) is 14.4 Å². The average molecular weight is 432 g/mol. The van der Waals surface area contributed by atoms with Gasteiger partial charge < -0.3 is 19.0 Å². The van der Waals surface area contributed by atoms with Gasteiger partial charge in [0.25, 0.3) is 5.97 Å². The SMILES string of the molecule is CC(=O)O.CC12COC(=O)c3coc(c31)C(=O)C1=C2CCC2(C)C(=O)CCC12.COC. The lowest BCUT2D eigenvalue weighted by Crippen LogP contribution is -2.47. The Bertz CT molecular complexity index is 980. The van der Waals surface area contributed by atoms with E-state index in [1.165, 1.54) is 6.26 Å². The summed E-state index contributed by atoms with van der Waals surface area (Å²) in [7, 11) is 3.25. The molecule has 31 heavy (non-hydrogen) atoms. The fourth-order valence-electron chi connectivity index (χ4n) is 5.39. The number of aliphatic carboxylic acids is 1. The number of carbonyl (C=O) groups excluding carboxylic acids is 3. The summed E-state index contributed by atoms with van der Waals surface area (Å²) in [4.78, 5) is 46.6. The van der Waals surface area contributed by atoms with Gasteiger partial charge in [-0.3, -0.25) is 14.4 Å². The van der Waals surface area contributed by atoms with Crippen LogP contribution in [0.25, 0.3) is 0 Å². The zero-order valence-electron chi connectivity index (χ0n) is 18.5. The molecule has 8 nitrogen and oxygen atoms in total. The molecular formula is C23H28O8. The number of carbonyl (C=O) groups is 4. The van der Waals surface area contributed by atoms with Crippen molar-refractivity contribution < 1.29 is 38.2 Å². The van der Waals surface area contributed by atoms with Crippen molar-refractivity contribution in [2.75, 3.05) is 20.8 Å². The molecular weight excluding hydrogens is 404 g/mol. The van der Waals surface area contributed by atoms with E-state index in [4.69, 9.17) is 19.1 Å². The van der Waals surface area contributed by atoms with E-state index in [0.29, 0.717) is 24.0 Å². The minimum Gasteiger partial charge on any atom is -0.481 e. The Hall–Kier alpha value is -2.74. The van der Waals surface area contributed by atoms with Gasteiger partial charge in [-0.05, 0) is 31.8 Å². The molecule has 5 rings (SSSR count). The van der Waals surface area contributed by atoms with Crippen LogP contribution in [-0.2, 0) is 24.5 Å². The van der Waals surface area contributed by atoms with Crippen molar-refractivity contribution in [3.63, 3.8) is 0 Å². The predicted molar refractivity (Wildman–Crippen MR) is 109 cm³/mol. The van der Waals surface area contributed by atoms with Gasteiger partial charge in [-0.25, -0.2) is 4.79 Å². The van der Waals surface area contributed by atoms with E-state index in [-0.39, 0.29) is 29.9 Å². The van der Waals surface area contributed by atoms with Crippen LogP contribution in [0.5, 0.6) is 0 Å². The number of cyclic esters (lactones) is 1. The number of esters is 1. The lowest BCUT2D eigenvalue weighted by atomic mass is 9.56. The molecule has 4 aliphatic rings. The summed E-state index contributed by atoms with van der Waals surface area (Å²) >= 11 is 0. The number of allylic oxidation sites excluding steroid dienone is 1. The second-order valence-corrected chi connectivity index (χ2v) is 8.84. The first-order valence-electron chi connectivity index (χ1n) is 10.2. The fourth-order valence-corrected chi connectivity index (χ4v) is 5.39. The molecule has 1 aromatic heterocycles. The molecule has 0 spiro atoms. The molecule has 1 aromatic rings. The second-order valence-electron chi connectivity index (χ2n) is 8.84. The van der Waals surface area contributed by atoms with Crippen LogP contribution in [0.3, 0.4) is 0 Å². The lowest BCUT2D eigenvalue weighted by molar-refractivity contribution is -0.134. The van der Waals surface area contributed by atoms with E-state index in [2.05, 4.69) is 4.74 Å². The number of ether oxygens (including phenoxy) is 2. The first-order valence-corrected chi connectivity index (χ1v) is 10.2. The molecule has 0 radical (unpaired) electrons. The van der Waals surface area contributed by atoms with Crippen molar-refractivity contribution in [1.29, 1.82) is 0 Å². The summed E-state index contributed by atoms with van der Waals surface area (Å²) in [6.07, 6.45) is 4.05. The molecule has 1 aliphatic heterocycles. The van der Waals surface area contributed by atoms with Gasteiger partial charge in [0.2, 0.25) is 5.78 Å². The van der Waals surface area contributed by atoms with Crippen molar-refractivity contribution in [2.24, 2.45) is 11.3 Å². The van der Waals surface area contributed by atoms with Crippen molar-refractivity contribution >= 4 is 23.5 Å². The van der Waals surface area contributed by atoms with Crippen LogP contribution in [-0.4, -0.2) is 49.4 Å². The molecule has 8 heteroatoms. The summed E-state index contributed by atoms with van der Waals surface area (Å²) in [6.45, 7) is 5.34. The first-order chi connectivity index (χ1) is 14.5. The van der Waals surface area contributed by atoms with Gasteiger partial charge in [-0.1, -0.05) is 6.92 Å². The van der Waals surface area contributed by atoms with Crippen LogP contribution in [0.1, 0.15) is 72.9 Å². The van der Waals surface area contributed by atoms with Crippen molar-refractivity contribution in [2.45, 2.75) is 51.9 Å². The molecule has 0 amide bonds. The van der Waals surface area contributed by atoms with E-state index in [1.807, 2.05) is 13.8 Å². The van der Waals surface area contributed by atoms with Crippen molar-refractivity contribution in [1.82, 2.24) is 0 Å². The monoisotopic (exact) mass is 432 g/mol. The minimum absolute atomic E-state index is 0.0441. The van der Waals surface area contributed by atoms with Gasteiger partial charge in [0.1, 0.15) is 24.2 Å². The Balaban J connectivity index is 0.000000345. The topological polar surface area (TPSA) is 120 Å². The van der Waals surface area contributed by atoms with Crippen LogP contribution in [0.2, 0.25) is 0 Å². The highest BCUT2D eigenvalue weighted by atomic mass is 16.5. The summed E-state index contributed by atoms with van der Waals surface area (Å²) in [5.41, 5.74) is 1.91. The van der Waals surface area contributed by atoms with Crippen LogP contribution in [0.15, 0.2) is 21.8 Å². The highest BCUT2D eigenvalue weighted by molar-refractivity contribution is 6.14. The molecule has 0 aromatic carbocycles. The molecule has 2 heterocycles. The molecule has 0 bridgehead atoms. The van der Waals surface area contributed by atoms with Gasteiger partial charge in [0.05, 0.1) is 5.41 Å². The zero-order valence-corrected chi connectivity index (χ0v) is 18.5. The summed E-state index contributed by atoms with van der Waals surface area (Å²) in [5, 5.41) is 7.42. The third-order valence-corrected chi connectivity index (χ3v) is 6.81. The molecule has 3 aliphatic carbocycles. The third kappa shape index (κ3) is 3.43. The highest BCUT2D eigenvalue weighted by Gasteiger charge is 2.58. The van der Waals surface area contributed by atoms with E-state index >= 15 is 0 Å². The molecule has 168 valence electrons. The van der Waals surface area contributed by atoms with Crippen LogP contribution in [0, 0.1) is 11.3 Å². The van der Waals surface area contributed by atoms with Gasteiger partial charge in [-0.15, -0.1) is 0 Å². The lowest BCUT2D eigenvalue weighted by Gasteiger charge is -2.46. The van der Waals surface area contributed by atoms with Gasteiger partial charge in [0, 0.05) is 50.0 Å². The predicted octanol–water partition coefficient (Wildman–Crippen LogP) is 3.33. The minimum atomic E-state index is -0.833. The van der Waals surface area contributed by atoms with Crippen LogP contribution < -0.4 is 0 Å². The largest absolute Gasteiger partial charge is 0.481 e. The second kappa shape index (κ2) is 8.07. The number of hydrogen-bond donors (Lipinski definition) is 1. The fraction of sp³-hybridized carbons (Fsp3) is 0.565. The number of carboxylic acid groups (broad SMARTS) is 1. The number of methoxy groups -OCH3 is 1. The maximum absolute atomic E-state index is 13.2. The zero-order chi connectivity index (χ0) is 23.1. The summed E-state index contributed by atoms with van der Waals surface area (Å²) in [6, 6.07) is 0. The number of rotatable bonds is 0. The Labute approximate surface area is 180 Å². The van der Waals surface area contributed by atoms with E-state index < -0.39 is 22.8 Å². The number of furan rings is 1. The summed E-state index contributed by atoms with van der Waals surface area (Å²) < 4.78 is 15.2. The smallest absolute Gasteiger partial charge is 0.341 e. The quantitative estimate of drug-likeness (QED) is 0.620. The number of ketones is 2. The molecule has 1 saturated carbocycles. The van der Waals surface area contributed by atoms with E-state index in [0.717, 1.165) is 30.9 Å². The maximum Gasteiger partial charge on any atom is 0.341 e. The molecule has 3 atom stereocenters. The Morgan fingerprint density at radius 1 is 1.19 bits per heavy atom. The number of hydrogen-bond acceptors (Lipinski definition) is 7. The maximum atomic E-state index is 13.2. The van der Waals surface area contributed by atoms with Crippen LogP contribution >= 0.6 is 0 Å². The van der Waals surface area contributed by atoms with Crippen molar-refractivity contribution in [3.8, 4) is 0 Å². The van der Waals surface area contributed by atoms with Gasteiger partial charge in [0.15, 0.2) is 5.76 Å². The molecule has 3 unspecified atom stereocenters. The van der Waals surface area contributed by atoms with Gasteiger partial charge in [-0.2, -0.15) is 0 Å². The Morgan fingerprint density at radius 3 is 2.42 bits per heavy atom. The summed E-state index contributed by atoms with van der Waals surface area (Å²) in [5.74, 6) is -0.906. The highest BCUT2D eigenvalue weighted by Crippen LogP contribution is 2.59.